The first-order chi connectivity index (χ1) is 7.74. The van der Waals surface area contributed by atoms with Crippen molar-refractivity contribution in [1.82, 2.24) is 10.7 Å². The van der Waals surface area contributed by atoms with Crippen LogP contribution in [0.4, 0.5) is 0 Å². The van der Waals surface area contributed by atoms with Crippen LogP contribution in [-0.4, -0.2) is 18.4 Å². The van der Waals surface area contributed by atoms with E-state index in [2.05, 4.69) is 5.32 Å². The molecule has 0 spiro atoms. The molecule has 1 aliphatic rings. The molecule has 0 aromatic heterocycles. The second kappa shape index (κ2) is 4.32. The number of hydrogen-bond acceptors (Lipinski definition) is 3. The Hall–Kier alpha value is -1.88. The Balaban J connectivity index is 2.28. The largest absolute Gasteiger partial charge is 0.355 e. The molecule has 0 bridgehead atoms. The number of nitrogens with one attached hydrogen (secondary N) is 2. The maximum atomic E-state index is 11.5. The molecular weight excluding hydrogens is 206 g/mol. The monoisotopic (exact) mass is 219 g/mol. The van der Waals surface area contributed by atoms with Crippen molar-refractivity contribution in [1.29, 1.82) is 0 Å². The van der Waals surface area contributed by atoms with E-state index in [0.717, 1.165) is 5.56 Å². The number of carbonyl (C=O) groups is 2. The molecule has 1 aliphatic heterocycles. The summed E-state index contributed by atoms with van der Waals surface area (Å²) >= 11 is 0. The molecule has 0 saturated carbocycles. The van der Waals surface area contributed by atoms with Crippen LogP contribution in [-0.2, 0) is 9.59 Å². The molecular formula is C11H13N3O2. The number of hydrogen-bond donors (Lipinski definition) is 3. The van der Waals surface area contributed by atoms with E-state index < -0.39 is 11.8 Å². The molecule has 16 heavy (non-hydrogen) atoms. The van der Waals surface area contributed by atoms with E-state index in [4.69, 9.17) is 5.84 Å². The molecule has 1 aromatic rings. The first kappa shape index (κ1) is 10.6. The van der Waals surface area contributed by atoms with Gasteiger partial charge < -0.3 is 5.32 Å². The van der Waals surface area contributed by atoms with Crippen LogP contribution in [0.15, 0.2) is 30.3 Å². The third kappa shape index (κ3) is 1.77. The van der Waals surface area contributed by atoms with E-state index >= 15 is 0 Å². The van der Waals surface area contributed by atoms with Crippen molar-refractivity contribution in [3.63, 3.8) is 0 Å². The van der Waals surface area contributed by atoms with E-state index in [1.807, 2.05) is 35.8 Å². The number of carbonyl (C=O) groups excluding carboxylic acids is 2. The van der Waals surface area contributed by atoms with E-state index in [9.17, 15) is 9.59 Å². The van der Waals surface area contributed by atoms with E-state index in [1.165, 1.54) is 0 Å². The molecule has 5 nitrogen and oxygen atoms in total. The molecule has 2 amide bonds. The highest BCUT2D eigenvalue weighted by atomic mass is 16.2. The number of rotatable bonds is 2. The summed E-state index contributed by atoms with van der Waals surface area (Å²) in [6.45, 7) is 0.473. The minimum absolute atomic E-state index is 0.141. The summed E-state index contributed by atoms with van der Waals surface area (Å²) < 4.78 is 0. The van der Waals surface area contributed by atoms with Gasteiger partial charge in [-0.3, -0.25) is 15.0 Å². The van der Waals surface area contributed by atoms with Crippen molar-refractivity contribution < 1.29 is 9.59 Å². The minimum atomic E-state index is -0.729. The van der Waals surface area contributed by atoms with E-state index in [0.29, 0.717) is 6.54 Å². The average molecular weight is 219 g/mol. The van der Waals surface area contributed by atoms with Crippen LogP contribution in [0.3, 0.4) is 0 Å². The fraction of sp³-hybridized carbons (Fsp3) is 0.273. The molecule has 5 heteroatoms. The lowest BCUT2D eigenvalue weighted by molar-refractivity contribution is -0.133. The second-order valence-corrected chi connectivity index (χ2v) is 3.75. The van der Waals surface area contributed by atoms with Crippen LogP contribution in [0.1, 0.15) is 11.5 Å². The third-order valence-electron chi connectivity index (χ3n) is 2.83. The number of nitrogens with two attached hydrogens (primary N) is 1. The van der Waals surface area contributed by atoms with Gasteiger partial charge in [0.25, 0.3) is 0 Å². The molecule has 1 fully saturated rings. The topological polar surface area (TPSA) is 84.2 Å². The zero-order valence-electron chi connectivity index (χ0n) is 8.64. The quantitative estimate of drug-likeness (QED) is 0.271. The van der Waals surface area contributed by atoms with Crippen molar-refractivity contribution in [2.45, 2.75) is 5.92 Å². The van der Waals surface area contributed by atoms with Gasteiger partial charge in [-0.25, -0.2) is 5.84 Å². The first-order valence-electron chi connectivity index (χ1n) is 5.07. The highest BCUT2D eigenvalue weighted by Crippen LogP contribution is 2.28. The van der Waals surface area contributed by atoms with Gasteiger partial charge in [0.2, 0.25) is 11.8 Å². The summed E-state index contributed by atoms with van der Waals surface area (Å²) in [6.07, 6.45) is 0. The fourth-order valence-electron chi connectivity index (χ4n) is 2.02. The molecule has 0 radical (unpaired) electrons. The summed E-state index contributed by atoms with van der Waals surface area (Å²) in [5.41, 5.74) is 3.00. The van der Waals surface area contributed by atoms with Crippen LogP contribution in [0, 0.1) is 5.92 Å². The Bertz CT molecular complexity index is 405. The lowest BCUT2D eigenvalue weighted by Gasteiger charge is -2.15. The molecule has 2 rings (SSSR count). The van der Waals surface area contributed by atoms with E-state index in [-0.39, 0.29) is 11.8 Å². The molecule has 1 aromatic carbocycles. The van der Waals surface area contributed by atoms with Gasteiger partial charge in [0.05, 0.1) is 0 Å². The van der Waals surface area contributed by atoms with Gasteiger partial charge >= 0.3 is 0 Å². The molecule has 2 atom stereocenters. The smallest absolute Gasteiger partial charge is 0.247 e. The lowest BCUT2D eigenvalue weighted by Crippen LogP contribution is -2.40. The van der Waals surface area contributed by atoms with Gasteiger partial charge in [-0.05, 0) is 5.56 Å². The zero-order valence-corrected chi connectivity index (χ0v) is 8.64. The second-order valence-electron chi connectivity index (χ2n) is 3.75. The maximum absolute atomic E-state index is 11.5. The number of benzene rings is 1. The zero-order chi connectivity index (χ0) is 11.5. The standard InChI is InChI=1S/C11H13N3O2/c12-14-11(16)9-8(6-13-10(9)15)7-4-2-1-3-5-7/h1-5,8-9H,6,12H2,(H,13,15)(H,14,16). The lowest BCUT2D eigenvalue weighted by atomic mass is 9.88. The van der Waals surface area contributed by atoms with Gasteiger partial charge in [0, 0.05) is 12.5 Å². The van der Waals surface area contributed by atoms with Crippen molar-refractivity contribution in [3.8, 4) is 0 Å². The van der Waals surface area contributed by atoms with Crippen LogP contribution in [0.2, 0.25) is 0 Å². The van der Waals surface area contributed by atoms with Gasteiger partial charge in [0.15, 0.2) is 0 Å². The predicted molar refractivity (Wildman–Crippen MR) is 58.0 cm³/mol. The summed E-state index contributed by atoms with van der Waals surface area (Å²) in [5.74, 6) is 3.50. The third-order valence-corrected chi connectivity index (χ3v) is 2.83. The molecule has 4 N–H and O–H groups in total. The summed E-state index contributed by atoms with van der Waals surface area (Å²) in [7, 11) is 0. The molecule has 84 valence electrons. The molecule has 0 aliphatic carbocycles. The minimum Gasteiger partial charge on any atom is -0.355 e. The number of amides is 2. The van der Waals surface area contributed by atoms with Gasteiger partial charge in [-0.1, -0.05) is 30.3 Å². The SMILES string of the molecule is NNC(=O)C1C(=O)NCC1c1ccccc1. The van der Waals surface area contributed by atoms with Crippen molar-refractivity contribution in [2.75, 3.05) is 6.54 Å². The Kier molecular flexibility index (Phi) is 2.87. The fourth-order valence-corrected chi connectivity index (χ4v) is 2.02. The van der Waals surface area contributed by atoms with Crippen LogP contribution in [0.25, 0.3) is 0 Å². The first-order valence-corrected chi connectivity index (χ1v) is 5.07. The average Bonchev–Trinajstić information content (AvgIpc) is 2.71. The summed E-state index contributed by atoms with van der Waals surface area (Å²) in [5, 5.41) is 2.68. The summed E-state index contributed by atoms with van der Waals surface area (Å²) in [4.78, 5) is 23.0. The molecule has 1 saturated heterocycles. The normalized spacial score (nSPS) is 23.9. The van der Waals surface area contributed by atoms with Gasteiger partial charge in [-0.15, -0.1) is 0 Å². The van der Waals surface area contributed by atoms with E-state index in [1.54, 1.807) is 0 Å². The van der Waals surface area contributed by atoms with Crippen LogP contribution < -0.4 is 16.6 Å². The predicted octanol–water partition coefficient (Wildman–Crippen LogP) is -0.494. The Labute approximate surface area is 93.0 Å². The number of hydrazine groups is 1. The van der Waals surface area contributed by atoms with Crippen LogP contribution in [0.5, 0.6) is 0 Å². The van der Waals surface area contributed by atoms with Crippen molar-refractivity contribution >= 4 is 11.8 Å². The molecule has 1 heterocycles. The Morgan fingerprint density at radius 2 is 2.06 bits per heavy atom. The van der Waals surface area contributed by atoms with Crippen molar-refractivity contribution in [2.24, 2.45) is 11.8 Å². The van der Waals surface area contributed by atoms with Gasteiger partial charge in [0.1, 0.15) is 5.92 Å². The van der Waals surface area contributed by atoms with Crippen molar-refractivity contribution in [3.05, 3.63) is 35.9 Å². The highest BCUT2D eigenvalue weighted by Gasteiger charge is 2.40. The Morgan fingerprint density at radius 3 is 2.69 bits per heavy atom. The summed E-state index contributed by atoms with van der Waals surface area (Å²) in [6, 6.07) is 9.47. The molecule has 2 unspecified atom stereocenters. The van der Waals surface area contributed by atoms with Crippen LogP contribution >= 0.6 is 0 Å². The highest BCUT2D eigenvalue weighted by molar-refractivity contribution is 6.02. The maximum Gasteiger partial charge on any atom is 0.247 e. The Morgan fingerprint density at radius 1 is 1.38 bits per heavy atom. The van der Waals surface area contributed by atoms with Gasteiger partial charge in [-0.2, -0.15) is 0 Å².